The lowest BCUT2D eigenvalue weighted by atomic mass is 10.2. The summed E-state index contributed by atoms with van der Waals surface area (Å²) in [6.07, 6.45) is 0.846. The van der Waals surface area contributed by atoms with Gasteiger partial charge in [0.2, 0.25) is 0 Å². The van der Waals surface area contributed by atoms with E-state index in [1.807, 2.05) is 13.0 Å². The van der Waals surface area contributed by atoms with Crippen molar-refractivity contribution in [3.05, 3.63) is 58.6 Å². The number of halogens is 1. The quantitative estimate of drug-likeness (QED) is 0.936. The minimum absolute atomic E-state index is 0.181. The van der Waals surface area contributed by atoms with E-state index in [4.69, 9.17) is 16.9 Å². The molecule has 0 radical (unpaired) electrons. The molecule has 0 heterocycles. The number of anilines is 1. The maximum Gasteiger partial charge on any atom is 0.261 e. The molecule has 21 heavy (non-hydrogen) atoms. The number of nitrogens with zero attached hydrogens (tertiary/aromatic N) is 1. The summed E-state index contributed by atoms with van der Waals surface area (Å²) in [4.78, 5) is 0.181. The van der Waals surface area contributed by atoms with Crippen molar-refractivity contribution in [3.63, 3.8) is 0 Å². The monoisotopic (exact) mass is 320 g/mol. The second-order valence-corrected chi connectivity index (χ2v) is 6.50. The smallest absolute Gasteiger partial charge is 0.261 e. The van der Waals surface area contributed by atoms with Crippen molar-refractivity contribution in [2.24, 2.45) is 0 Å². The molecule has 108 valence electrons. The summed E-state index contributed by atoms with van der Waals surface area (Å²) in [5.74, 6) is 0. The first-order valence-electron chi connectivity index (χ1n) is 6.27. The number of aryl methyl sites for hydroxylation is 1. The Bertz CT molecular complexity index is 793. The second-order valence-electron chi connectivity index (χ2n) is 4.41. The van der Waals surface area contributed by atoms with Crippen LogP contribution in [0.15, 0.2) is 47.4 Å². The molecule has 0 unspecified atom stereocenters. The van der Waals surface area contributed by atoms with Gasteiger partial charge in [0.05, 0.1) is 21.2 Å². The Labute approximate surface area is 129 Å². The van der Waals surface area contributed by atoms with E-state index in [0.717, 1.165) is 12.0 Å². The van der Waals surface area contributed by atoms with Crippen molar-refractivity contribution in [2.45, 2.75) is 18.2 Å². The maximum absolute atomic E-state index is 12.2. The Balaban J connectivity index is 2.28. The Hall–Kier alpha value is -2.03. The van der Waals surface area contributed by atoms with Gasteiger partial charge in [-0.05, 0) is 42.3 Å². The van der Waals surface area contributed by atoms with E-state index in [1.54, 1.807) is 24.3 Å². The summed E-state index contributed by atoms with van der Waals surface area (Å²) in [6.45, 7) is 2.00. The van der Waals surface area contributed by atoms with E-state index >= 15 is 0 Å². The molecular weight excluding hydrogens is 308 g/mol. The van der Waals surface area contributed by atoms with Gasteiger partial charge in [0, 0.05) is 0 Å². The van der Waals surface area contributed by atoms with E-state index in [1.165, 1.54) is 18.2 Å². The number of nitrogens with one attached hydrogen (secondary N) is 1. The highest BCUT2D eigenvalue weighted by Gasteiger charge is 2.14. The largest absolute Gasteiger partial charge is 0.280 e. The van der Waals surface area contributed by atoms with Gasteiger partial charge in [0.15, 0.2) is 0 Å². The van der Waals surface area contributed by atoms with Crippen molar-refractivity contribution in [2.75, 3.05) is 4.72 Å². The molecule has 0 spiro atoms. The topological polar surface area (TPSA) is 70.0 Å². The standard InChI is InChI=1S/C15H13ClN2O2S/c1-2-11-3-7-14(8-4-11)21(19,20)18-13-6-5-12(10-17)15(16)9-13/h3-9,18H,2H2,1H3. The molecule has 6 heteroatoms. The van der Waals surface area contributed by atoms with Crippen molar-refractivity contribution < 1.29 is 8.42 Å². The molecular formula is C15H13ClN2O2S. The van der Waals surface area contributed by atoms with E-state index < -0.39 is 10.0 Å². The van der Waals surface area contributed by atoms with Gasteiger partial charge < -0.3 is 0 Å². The Morgan fingerprint density at radius 3 is 2.38 bits per heavy atom. The molecule has 2 aromatic carbocycles. The molecule has 2 aromatic rings. The van der Waals surface area contributed by atoms with Crippen LogP contribution in [0.3, 0.4) is 0 Å². The summed E-state index contributed by atoms with van der Waals surface area (Å²) in [5.41, 5.74) is 1.68. The molecule has 1 N–H and O–H groups in total. The first kappa shape index (κ1) is 15.4. The van der Waals surface area contributed by atoms with Gasteiger partial charge in [-0.3, -0.25) is 4.72 Å². The van der Waals surface area contributed by atoms with Crippen LogP contribution in [-0.4, -0.2) is 8.42 Å². The van der Waals surface area contributed by atoms with Crippen LogP contribution in [0.4, 0.5) is 5.69 Å². The van der Waals surface area contributed by atoms with Gasteiger partial charge in [-0.15, -0.1) is 0 Å². The van der Waals surface area contributed by atoms with Gasteiger partial charge >= 0.3 is 0 Å². The average Bonchev–Trinajstić information content (AvgIpc) is 2.47. The highest BCUT2D eigenvalue weighted by molar-refractivity contribution is 7.92. The zero-order valence-corrected chi connectivity index (χ0v) is 12.9. The van der Waals surface area contributed by atoms with Crippen molar-refractivity contribution >= 4 is 27.3 Å². The van der Waals surface area contributed by atoms with Crippen LogP contribution in [0.5, 0.6) is 0 Å². The highest BCUT2D eigenvalue weighted by atomic mass is 35.5. The van der Waals surface area contributed by atoms with Gasteiger partial charge in [0.25, 0.3) is 10.0 Å². The lowest BCUT2D eigenvalue weighted by Gasteiger charge is -2.09. The Morgan fingerprint density at radius 2 is 1.86 bits per heavy atom. The summed E-state index contributed by atoms with van der Waals surface area (Å²) >= 11 is 5.89. The molecule has 4 nitrogen and oxygen atoms in total. The minimum atomic E-state index is -3.67. The number of rotatable bonds is 4. The van der Waals surface area contributed by atoms with Gasteiger partial charge in [-0.1, -0.05) is 30.7 Å². The third-order valence-electron chi connectivity index (χ3n) is 2.98. The summed E-state index contributed by atoms with van der Waals surface area (Å²) in [7, 11) is -3.67. The SMILES string of the molecule is CCc1ccc(S(=O)(=O)Nc2ccc(C#N)c(Cl)c2)cc1. The summed E-state index contributed by atoms with van der Waals surface area (Å²) in [5, 5.41) is 9.00. The Kier molecular flexibility index (Phi) is 4.51. The van der Waals surface area contributed by atoms with Crippen molar-refractivity contribution in [1.82, 2.24) is 0 Å². The molecule has 0 aliphatic heterocycles. The van der Waals surface area contributed by atoms with Gasteiger partial charge in [-0.25, -0.2) is 8.42 Å². The van der Waals surface area contributed by atoms with E-state index in [-0.39, 0.29) is 9.92 Å². The van der Waals surface area contributed by atoms with E-state index in [0.29, 0.717) is 11.3 Å². The van der Waals surface area contributed by atoms with Crippen LogP contribution < -0.4 is 4.72 Å². The fourth-order valence-corrected chi connectivity index (χ4v) is 3.06. The molecule has 0 aromatic heterocycles. The van der Waals surface area contributed by atoms with Crippen LogP contribution in [0.1, 0.15) is 18.1 Å². The van der Waals surface area contributed by atoms with E-state index in [2.05, 4.69) is 4.72 Å². The number of nitriles is 1. The molecule has 0 aliphatic rings. The number of benzene rings is 2. The lowest BCUT2D eigenvalue weighted by molar-refractivity contribution is 0.601. The fraction of sp³-hybridized carbons (Fsp3) is 0.133. The minimum Gasteiger partial charge on any atom is -0.280 e. The predicted octanol–water partition coefficient (Wildman–Crippen LogP) is 3.57. The molecule has 0 atom stereocenters. The maximum atomic E-state index is 12.2. The summed E-state index contributed by atoms with van der Waals surface area (Å²) in [6, 6.07) is 13.0. The number of hydrogen-bond donors (Lipinski definition) is 1. The number of sulfonamides is 1. The third kappa shape index (κ3) is 3.54. The fourth-order valence-electron chi connectivity index (χ4n) is 1.79. The zero-order chi connectivity index (χ0) is 15.5. The molecule has 0 saturated carbocycles. The lowest BCUT2D eigenvalue weighted by Crippen LogP contribution is -2.13. The molecule has 0 saturated heterocycles. The average molecular weight is 321 g/mol. The van der Waals surface area contributed by atoms with Crippen LogP contribution in [0.25, 0.3) is 0 Å². The predicted molar refractivity (Wildman–Crippen MR) is 82.8 cm³/mol. The molecule has 0 amide bonds. The third-order valence-corrected chi connectivity index (χ3v) is 4.69. The Morgan fingerprint density at radius 1 is 1.19 bits per heavy atom. The molecule has 0 aliphatic carbocycles. The van der Waals surface area contributed by atoms with Crippen LogP contribution in [-0.2, 0) is 16.4 Å². The highest BCUT2D eigenvalue weighted by Crippen LogP contribution is 2.23. The van der Waals surface area contributed by atoms with E-state index in [9.17, 15) is 8.42 Å². The first-order chi connectivity index (χ1) is 9.96. The number of hydrogen-bond acceptors (Lipinski definition) is 3. The summed E-state index contributed by atoms with van der Waals surface area (Å²) < 4.78 is 26.9. The zero-order valence-electron chi connectivity index (χ0n) is 11.3. The molecule has 2 rings (SSSR count). The molecule has 0 fully saturated rings. The van der Waals surface area contributed by atoms with Crippen LogP contribution in [0.2, 0.25) is 5.02 Å². The van der Waals surface area contributed by atoms with Gasteiger partial charge in [0.1, 0.15) is 6.07 Å². The van der Waals surface area contributed by atoms with Crippen LogP contribution >= 0.6 is 11.6 Å². The van der Waals surface area contributed by atoms with Gasteiger partial charge in [-0.2, -0.15) is 5.26 Å². The van der Waals surface area contributed by atoms with Crippen LogP contribution in [0, 0.1) is 11.3 Å². The second kappa shape index (κ2) is 6.17. The van der Waals surface area contributed by atoms with Crippen molar-refractivity contribution in [3.8, 4) is 6.07 Å². The van der Waals surface area contributed by atoms with Crippen molar-refractivity contribution in [1.29, 1.82) is 5.26 Å². The normalized spacial score (nSPS) is 10.9. The molecule has 0 bridgehead atoms. The first-order valence-corrected chi connectivity index (χ1v) is 8.14.